The van der Waals surface area contributed by atoms with Crippen molar-refractivity contribution in [3.8, 4) is 0 Å². The molecule has 19 heavy (non-hydrogen) atoms. The van der Waals surface area contributed by atoms with Crippen molar-refractivity contribution in [1.82, 2.24) is 14.5 Å². The van der Waals surface area contributed by atoms with Gasteiger partial charge in [0.25, 0.3) is 0 Å². The molecule has 1 fully saturated rings. The molecule has 0 radical (unpaired) electrons. The van der Waals surface area contributed by atoms with Crippen molar-refractivity contribution in [1.29, 1.82) is 0 Å². The van der Waals surface area contributed by atoms with Gasteiger partial charge >= 0.3 is 0 Å². The van der Waals surface area contributed by atoms with Crippen molar-refractivity contribution in [2.45, 2.75) is 38.8 Å². The van der Waals surface area contributed by atoms with Gasteiger partial charge < -0.3 is 14.5 Å². The maximum Gasteiger partial charge on any atom is 0.178 e. The van der Waals surface area contributed by atoms with Gasteiger partial charge in [0.15, 0.2) is 4.77 Å². The molecule has 1 aromatic heterocycles. The quantitative estimate of drug-likeness (QED) is 0.803. The second kappa shape index (κ2) is 4.76. The van der Waals surface area contributed by atoms with Crippen LogP contribution in [-0.4, -0.2) is 34.1 Å². The summed E-state index contributed by atoms with van der Waals surface area (Å²) in [7, 11) is 2.21. The molecule has 2 unspecified atom stereocenters. The van der Waals surface area contributed by atoms with Crippen molar-refractivity contribution in [3.05, 3.63) is 28.5 Å². The van der Waals surface area contributed by atoms with Gasteiger partial charge in [0, 0.05) is 18.6 Å². The van der Waals surface area contributed by atoms with E-state index in [2.05, 4.69) is 53.5 Å². The van der Waals surface area contributed by atoms with E-state index in [1.165, 1.54) is 29.4 Å². The van der Waals surface area contributed by atoms with Gasteiger partial charge in [-0.2, -0.15) is 0 Å². The molecule has 1 N–H and O–H groups in total. The first-order valence-corrected chi connectivity index (χ1v) is 7.39. The van der Waals surface area contributed by atoms with Crippen molar-refractivity contribution >= 4 is 23.3 Å². The summed E-state index contributed by atoms with van der Waals surface area (Å²) in [5.74, 6) is 0. The van der Waals surface area contributed by atoms with E-state index in [4.69, 9.17) is 12.2 Å². The summed E-state index contributed by atoms with van der Waals surface area (Å²) in [6.45, 7) is 5.58. The summed E-state index contributed by atoms with van der Waals surface area (Å²) < 4.78 is 3.20. The van der Waals surface area contributed by atoms with Crippen LogP contribution in [0.4, 0.5) is 0 Å². The number of nitrogens with one attached hydrogen (secondary N) is 1. The number of aryl methyl sites for hydroxylation is 1. The van der Waals surface area contributed by atoms with Crippen LogP contribution in [0, 0.1) is 11.7 Å². The number of hydrogen-bond acceptors (Lipinski definition) is 2. The Labute approximate surface area is 119 Å². The number of benzene rings is 1. The minimum atomic E-state index is 0.522. The molecular weight excluding hydrogens is 254 g/mol. The van der Waals surface area contributed by atoms with E-state index in [1.807, 2.05) is 0 Å². The molecule has 2 aromatic rings. The number of H-pyrrole nitrogens is 1. The second-order valence-electron chi connectivity index (χ2n) is 5.78. The SMILES string of the molecule is Cc1cccc2c1[nH]c(=S)n2C1CCN(C)C(C)C1. The zero-order chi connectivity index (χ0) is 13.6. The third-order valence-corrected chi connectivity index (χ3v) is 4.81. The Kier molecular flexibility index (Phi) is 3.23. The molecule has 4 heteroatoms. The highest BCUT2D eigenvalue weighted by molar-refractivity contribution is 7.71. The summed E-state index contributed by atoms with van der Waals surface area (Å²) in [6, 6.07) is 7.58. The topological polar surface area (TPSA) is 24.0 Å². The van der Waals surface area contributed by atoms with Crippen LogP contribution in [0.3, 0.4) is 0 Å². The van der Waals surface area contributed by atoms with Gasteiger partial charge in [0.2, 0.25) is 0 Å². The molecule has 3 rings (SSSR count). The summed E-state index contributed by atoms with van der Waals surface area (Å²) in [6.07, 6.45) is 2.35. The summed E-state index contributed by atoms with van der Waals surface area (Å²) in [5.41, 5.74) is 3.72. The number of likely N-dealkylation sites (tertiary alicyclic amines) is 1. The number of piperidine rings is 1. The molecule has 1 aliphatic heterocycles. The Balaban J connectivity index is 2.08. The van der Waals surface area contributed by atoms with Crippen molar-refractivity contribution in [2.75, 3.05) is 13.6 Å². The van der Waals surface area contributed by atoms with Gasteiger partial charge in [-0.05, 0) is 57.6 Å². The molecule has 1 aliphatic rings. The average molecular weight is 275 g/mol. The lowest BCUT2D eigenvalue weighted by Crippen LogP contribution is -2.38. The maximum atomic E-state index is 5.56. The van der Waals surface area contributed by atoms with E-state index in [9.17, 15) is 0 Å². The number of para-hydroxylation sites is 1. The summed E-state index contributed by atoms with van der Waals surface area (Å²) >= 11 is 5.56. The predicted molar refractivity (Wildman–Crippen MR) is 82.2 cm³/mol. The standard InChI is InChI=1S/C15H21N3S/c1-10-5-4-6-13-14(10)16-15(19)18(13)12-7-8-17(3)11(2)9-12/h4-6,11-12H,7-9H2,1-3H3,(H,16,19). The third-order valence-electron chi connectivity index (χ3n) is 4.51. The van der Waals surface area contributed by atoms with Crippen LogP contribution in [0.15, 0.2) is 18.2 Å². The van der Waals surface area contributed by atoms with Gasteiger partial charge in [-0.25, -0.2) is 0 Å². The zero-order valence-electron chi connectivity index (χ0n) is 11.8. The third kappa shape index (κ3) is 2.13. The fraction of sp³-hybridized carbons (Fsp3) is 0.533. The van der Waals surface area contributed by atoms with Crippen LogP contribution < -0.4 is 0 Å². The first-order chi connectivity index (χ1) is 9.08. The Morgan fingerprint density at radius 3 is 2.89 bits per heavy atom. The molecule has 0 aliphatic carbocycles. The largest absolute Gasteiger partial charge is 0.330 e. The van der Waals surface area contributed by atoms with E-state index < -0.39 is 0 Å². The maximum absolute atomic E-state index is 5.56. The number of hydrogen-bond donors (Lipinski definition) is 1. The highest BCUT2D eigenvalue weighted by Gasteiger charge is 2.25. The fourth-order valence-electron chi connectivity index (χ4n) is 3.15. The Morgan fingerprint density at radius 2 is 2.16 bits per heavy atom. The number of nitrogens with zero attached hydrogens (tertiary/aromatic N) is 2. The molecule has 1 saturated heterocycles. The van der Waals surface area contributed by atoms with Crippen LogP contribution in [-0.2, 0) is 0 Å². The van der Waals surface area contributed by atoms with Gasteiger partial charge in [-0.3, -0.25) is 0 Å². The summed E-state index contributed by atoms with van der Waals surface area (Å²) in [4.78, 5) is 5.81. The normalized spacial score (nSPS) is 25.0. The molecule has 102 valence electrons. The summed E-state index contributed by atoms with van der Waals surface area (Å²) in [5, 5.41) is 0. The second-order valence-corrected chi connectivity index (χ2v) is 6.16. The van der Waals surface area contributed by atoms with Crippen LogP contribution >= 0.6 is 12.2 Å². The zero-order valence-corrected chi connectivity index (χ0v) is 12.6. The van der Waals surface area contributed by atoms with E-state index >= 15 is 0 Å². The molecule has 0 spiro atoms. The molecule has 3 nitrogen and oxygen atoms in total. The molecule has 0 amide bonds. The molecular formula is C15H21N3S. The molecule has 0 saturated carbocycles. The van der Waals surface area contributed by atoms with Crippen LogP contribution in [0.1, 0.15) is 31.4 Å². The van der Waals surface area contributed by atoms with E-state index in [0.717, 1.165) is 11.3 Å². The van der Waals surface area contributed by atoms with Crippen LogP contribution in [0.5, 0.6) is 0 Å². The van der Waals surface area contributed by atoms with E-state index in [0.29, 0.717) is 12.1 Å². The highest BCUT2D eigenvalue weighted by Crippen LogP contribution is 2.30. The fourth-order valence-corrected chi connectivity index (χ4v) is 3.50. The molecule has 0 bridgehead atoms. The number of aromatic amines is 1. The number of rotatable bonds is 1. The predicted octanol–water partition coefficient (Wildman–Crippen LogP) is 3.66. The first-order valence-electron chi connectivity index (χ1n) is 6.98. The minimum Gasteiger partial charge on any atom is -0.330 e. The molecule has 2 atom stereocenters. The lowest BCUT2D eigenvalue weighted by atomic mass is 9.98. The molecule has 2 heterocycles. The van der Waals surface area contributed by atoms with Crippen LogP contribution in [0.2, 0.25) is 0 Å². The molecule has 1 aromatic carbocycles. The number of fused-ring (bicyclic) bond motifs is 1. The minimum absolute atomic E-state index is 0.522. The van der Waals surface area contributed by atoms with Crippen molar-refractivity contribution in [3.63, 3.8) is 0 Å². The van der Waals surface area contributed by atoms with E-state index in [1.54, 1.807) is 0 Å². The van der Waals surface area contributed by atoms with Gasteiger partial charge in [0.1, 0.15) is 0 Å². The monoisotopic (exact) mass is 275 g/mol. The number of imidazole rings is 1. The number of aromatic nitrogens is 2. The van der Waals surface area contributed by atoms with Gasteiger partial charge in [-0.15, -0.1) is 0 Å². The smallest absolute Gasteiger partial charge is 0.178 e. The first kappa shape index (κ1) is 12.9. The Morgan fingerprint density at radius 1 is 1.37 bits per heavy atom. The lowest BCUT2D eigenvalue weighted by molar-refractivity contribution is 0.158. The highest BCUT2D eigenvalue weighted by atomic mass is 32.1. The average Bonchev–Trinajstić information content (AvgIpc) is 2.71. The van der Waals surface area contributed by atoms with Gasteiger partial charge in [0.05, 0.1) is 11.0 Å². The Bertz CT molecular complexity index is 655. The van der Waals surface area contributed by atoms with Crippen LogP contribution in [0.25, 0.3) is 11.0 Å². The van der Waals surface area contributed by atoms with E-state index in [-0.39, 0.29) is 0 Å². The lowest BCUT2D eigenvalue weighted by Gasteiger charge is -2.35. The van der Waals surface area contributed by atoms with Gasteiger partial charge in [-0.1, -0.05) is 12.1 Å². The Hall–Kier alpha value is -1.13. The van der Waals surface area contributed by atoms with Crippen molar-refractivity contribution < 1.29 is 0 Å². The van der Waals surface area contributed by atoms with Crippen molar-refractivity contribution in [2.24, 2.45) is 0 Å².